The lowest BCUT2D eigenvalue weighted by atomic mass is 9.95. The Morgan fingerprint density at radius 1 is 0.943 bits per heavy atom. The van der Waals surface area contributed by atoms with Gasteiger partial charge in [-0.25, -0.2) is 0 Å². The first-order valence-electron chi connectivity index (χ1n) is 10.6. The van der Waals surface area contributed by atoms with Crippen molar-refractivity contribution in [1.82, 2.24) is 4.90 Å². The summed E-state index contributed by atoms with van der Waals surface area (Å²) < 4.78 is 50.3. The second-order valence-corrected chi connectivity index (χ2v) is 8.10. The number of nitrogens with zero attached hydrogens (tertiary/aromatic N) is 1. The summed E-state index contributed by atoms with van der Waals surface area (Å²) in [5.41, 5.74) is -0.0470. The minimum atomic E-state index is -4.55. The van der Waals surface area contributed by atoms with Crippen molar-refractivity contribution in [3.63, 3.8) is 0 Å². The number of halogens is 3. The molecule has 0 bridgehead atoms. The van der Waals surface area contributed by atoms with E-state index in [9.17, 15) is 27.9 Å². The predicted molar refractivity (Wildman–Crippen MR) is 118 cm³/mol. The smallest absolute Gasteiger partial charge is 0.416 e. The highest BCUT2D eigenvalue weighted by Crippen LogP contribution is 2.42. The van der Waals surface area contributed by atoms with Gasteiger partial charge >= 0.3 is 6.18 Å². The Hall–Kier alpha value is -4.27. The Morgan fingerprint density at radius 2 is 1.69 bits per heavy atom. The summed E-state index contributed by atoms with van der Waals surface area (Å²) >= 11 is 0. The Bertz CT molecular complexity index is 1350. The van der Waals surface area contributed by atoms with Crippen LogP contribution < -0.4 is 9.47 Å². The number of alkyl halides is 3. The monoisotopic (exact) mass is 481 g/mol. The minimum absolute atomic E-state index is 0.0188. The number of ether oxygens (including phenoxy) is 2. The van der Waals surface area contributed by atoms with Gasteiger partial charge in [-0.3, -0.25) is 9.59 Å². The number of amides is 1. The summed E-state index contributed by atoms with van der Waals surface area (Å²) in [5.74, 6) is -1.41. The number of hydrogen-bond donors (Lipinski definition) is 1. The number of benzene rings is 3. The summed E-state index contributed by atoms with van der Waals surface area (Å²) in [6.07, 6.45) is -4.55. The van der Waals surface area contributed by atoms with Gasteiger partial charge in [0.05, 0.1) is 17.2 Å². The van der Waals surface area contributed by atoms with Crippen LogP contribution in [0, 0.1) is 0 Å². The standard InChI is InChI=1S/C26H18F3NO5/c27-26(28,29)18-8-4-5-15(11-18)13-30-22(16-6-2-1-3-7-16)21(24(32)25(30)33)23(31)17-9-10-19-20(12-17)35-14-34-19/h1-12,22,31H,13-14H2/b23-21-. The zero-order valence-corrected chi connectivity index (χ0v) is 18.1. The highest BCUT2D eigenvalue weighted by atomic mass is 19.4. The molecular formula is C26H18F3NO5. The maximum atomic E-state index is 13.2. The molecule has 2 aliphatic rings. The van der Waals surface area contributed by atoms with E-state index in [4.69, 9.17) is 9.47 Å². The molecule has 0 spiro atoms. The van der Waals surface area contributed by atoms with E-state index in [1.54, 1.807) is 36.4 Å². The van der Waals surface area contributed by atoms with Gasteiger partial charge in [0, 0.05) is 12.1 Å². The van der Waals surface area contributed by atoms with Crippen molar-refractivity contribution in [2.24, 2.45) is 0 Å². The molecule has 9 heteroatoms. The maximum absolute atomic E-state index is 13.2. The lowest BCUT2D eigenvalue weighted by Crippen LogP contribution is -2.29. The number of likely N-dealkylation sites (tertiary alicyclic amines) is 1. The molecule has 1 saturated heterocycles. The first-order valence-corrected chi connectivity index (χ1v) is 10.6. The number of carbonyl (C=O) groups is 2. The zero-order valence-electron chi connectivity index (χ0n) is 18.1. The van der Waals surface area contributed by atoms with Crippen LogP contribution in [0.15, 0.2) is 78.4 Å². The number of Topliss-reactive ketones (excluding diaryl/α,β-unsaturated/α-hetero) is 1. The fraction of sp³-hybridized carbons (Fsp3) is 0.154. The van der Waals surface area contributed by atoms with Crippen LogP contribution in [-0.4, -0.2) is 28.5 Å². The second kappa shape index (κ2) is 8.50. The molecule has 1 atom stereocenters. The Balaban J connectivity index is 1.60. The van der Waals surface area contributed by atoms with Gasteiger partial charge in [-0.05, 0) is 41.5 Å². The van der Waals surface area contributed by atoms with E-state index in [0.717, 1.165) is 12.1 Å². The molecule has 1 fully saturated rings. The molecule has 5 rings (SSSR count). The average molecular weight is 481 g/mol. The quantitative estimate of drug-likeness (QED) is 0.321. The van der Waals surface area contributed by atoms with Gasteiger partial charge in [0.1, 0.15) is 5.76 Å². The first kappa shape index (κ1) is 22.5. The SMILES string of the molecule is O=C1C(=O)N(Cc2cccc(C(F)(F)F)c2)C(c2ccccc2)/C1=C(/O)c1ccc2c(c1)OCO2. The van der Waals surface area contributed by atoms with Crippen molar-refractivity contribution in [2.75, 3.05) is 6.79 Å². The van der Waals surface area contributed by atoms with Gasteiger partial charge in [-0.2, -0.15) is 13.2 Å². The molecule has 0 aromatic heterocycles. The molecule has 0 saturated carbocycles. The van der Waals surface area contributed by atoms with E-state index in [-0.39, 0.29) is 30.0 Å². The maximum Gasteiger partial charge on any atom is 0.416 e. The van der Waals surface area contributed by atoms with Crippen molar-refractivity contribution in [3.05, 3.63) is 101 Å². The van der Waals surface area contributed by atoms with Crippen LogP contribution in [0.2, 0.25) is 0 Å². The number of hydrogen-bond acceptors (Lipinski definition) is 5. The second-order valence-electron chi connectivity index (χ2n) is 8.10. The molecule has 0 aliphatic carbocycles. The molecule has 1 unspecified atom stereocenters. The number of aliphatic hydroxyl groups excluding tert-OH is 1. The lowest BCUT2D eigenvalue weighted by Gasteiger charge is -2.25. The number of rotatable bonds is 4. The van der Waals surface area contributed by atoms with Gasteiger partial charge in [0.15, 0.2) is 11.5 Å². The molecule has 0 radical (unpaired) electrons. The summed E-state index contributed by atoms with van der Waals surface area (Å²) in [4.78, 5) is 27.4. The molecule has 1 N–H and O–H groups in total. The van der Waals surface area contributed by atoms with Gasteiger partial charge < -0.3 is 19.5 Å². The van der Waals surface area contributed by atoms with Crippen LogP contribution in [0.4, 0.5) is 13.2 Å². The highest BCUT2D eigenvalue weighted by Gasteiger charge is 2.46. The van der Waals surface area contributed by atoms with Crippen molar-refractivity contribution in [1.29, 1.82) is 0 Å². The molecule has 178 valence electrons. The molecule has 3 aromatic carbocycles. The van der Waals surface area contributed by atoms with E-state index >= 15 is 0 Å². The summed E-state index contributed by atoms with van der Waals surface area (Å²) in [7, 11) is 0. The Kier molecular flexibility index (Phi) is 5.47. The fourth-order valence-electron chi connectivity index (χ4n) is 4.27. The predicted octanol–water partition coefficient (Wildman–Crippen LogP) is 5.06. The van der Waals surface area contributed by atoms with Crippen LogP contribution in [0.25, 0.3) is 5.76 Å². The van der Waals surface area contributed by atoms with E-state index < -0.39 is 35.2 Å². The third kappa shape index (κ3) is 4.09. The summed E-state index contributed by atoms with van der Waals surface area (Å²) in [6.45, 7) is -0.239. The highest BCUT2D eigenvalue weighted by molar-refractivity contribution is 6.46. The molecule has 2 aliphatic heterocycles. The summed E-state index contributed by atoms with van der Waals surface area (Å²) in [5, 5.41) is 11.1. The molecule has 3 aromatic rings. The van der Waals surface area contributed by atoms with Crippen molar-refractivity contribution in [3.8, 4) is 11.5 Å². The minimum Gasteiger partial charge on any atom is -0.507 e. The van der Waals surface area contributed by atoms with Crippen LogP contribution in [0.1, 0.15) is 28.3 Å². The van der Waals surface area contributed by atoms with Crippen LogP contribution in [0.3, 0.4) is 0 Å². The average Bonchev–Trinajstić information content (AvgIpc) is 3.42. The normalized spacial score (nSPS) is 18.8. The number of carbonyl (C=O) groups excluding carboxylic acids is 2. The largest absolute Gasteiger partial charge is 0.507 e. The Labute approximate surface area is 197 Å². The van der Waals surface area contributed by atoms with E-state index in [0.29, 0.717) is 17.1 Å². The van der Waals surface area contributed by atoms with Gasteiger partial charge in [-0.15, -0.1) is 0 Å². The first-order chi connectivity index (χ1) is 16.7. The topological polar surface area (TPSA) is 76.1 Å². The third-order valence-electron chi connectivity index (χ3n) is 5.91. The van der Waals surface area contributed by atoms with Crippen LogP contribution >= 0.6 is 0 Å². The lowest BCUT2D eigenvalue weighted by molar-refractivity contribution is -0.140. The summed E-state index contributed by atoms with van der Waals surface area (Å²) in [6, 6.07) is 16.7. The number of fused-ring (bicyclic) bond motifs is 1. The van der Waals surface area contributed by atoms with Gasteiger partial charge in [0.25, 0.3) is 11.7 Å². The third-order valence-corrected chi connectivity index (χ3v) is 5.91. The molecule has 6 nitrogen and oxygen atoms in total. The van der Waals surface area contributed by atoms with Crippen LogP contribution in [0.5, 0.6) is 11.5 Å². The van der Waals surface area contributed by atoms with E-state index in [1.165, 1.54) is 29.2 Å². The molecule has 35 heavy (non-hydrogen) atoms. The fourth-order valence-corrected chi connectivity index (χ4v) is 4.27. The van der Waals surface area contributed by atoms with Crippen molar-refractivity contribution in [2.45, 2.75) is 18.8 Å². The molecule has 1 amide bonds. The van der Waals surface area contributed by atoms with Gasteiger partial charge in [0.2, 0.25) is 6.79 Å². The van der Waals surface area contributed by atoms with Gasteiger partial charge in [-0.1, -0.05) is 42.5 Å². The molecule has 2 heterocycles. The number of ketones is 1. The van der Waals surface area contributed by atoms with E-state index in [2.05, 4.69) is 0 Å². The van der Waals surface area contributed by atoms with E-state index in [1.807, 2.05) is 0 Å². The van der Waals surface area contributed by atoms with Crippen molar-refractivity contribution >= 4 is 17.4 Å². The zero-order chi connectivity index (χ0) is 24.7. The van der Waals surface area contributed by atoms with Crippen LogP contribution in [-0.2, 0) is 22.3 Å². The number of aliphatic hydroxyl groups is 1. The van der Waals surface area contributed by atoms with Crippen molar-refractivity contribution < 1.29 is 37.3 Å². The Morgan fingerprint density at radius 3 is 2.43 bits per heavy atom. The molecular weight excluding hydrogens is 463 g/mol.